The van der Waals surface area contributed by atoms with Crippen LogP contribution in [0.2, 0.25) is 0 Å². The molecule has 0 spiro atoms. The lowest BCUT2D eigenvalue weighted by Gasteiger charge is -2.59. The number of hydrogen-bond acceptors (Lipinski definition) is 3. The normalized spacial score (nSPS) is 49.9. The van der Waals surface area contributed by atoms with E-state index < -0.39 is 11.2 Å². The molecule has 0 radical (unpaired) electrons. The van der Waals surface area contributed by atoms with Gasteiger partial charge in [-0.15, -0.1) is 0 Å². The van der Waals surface area contributed by atoms with Crippen LogP contribution in [0.1, 0.15) is 65.2 Å². The van der Waals surface area contributed by atoms with Crippen LogP contribution in [0.4, 0.5) is 0 Å². The Labute approximate surface area is 132 Å². The molecular weight excluding hydrogens is 276 g/mol. The van der Waals surface area contributed by atoms with Crippen LogP contribution >= 0.6 is 0 Å². The van der Waals surface area contributed by atoms with Crippen molar-refractivity contribution in [3.8, 4) is 0 Å². The van der Waals surface area contributed by atoms with Gasteiger partial charge < -0.3 is 10.2 Å². The molecule has 3 fully saturated rings. The van der Waals surface area contributed by atoms with Crippen LogP contribution in [0.25, 0.3) is 0 Å². The Kier molecular flexibility index (Phi) is 3.01. The lowest BCUT2D eigenvalue weighted by Crippen LogP contribution is -2.60. The second-order valence-corrected chi connectivity index (χ2v) is 8.63. The van der Waals surface area contributed by atoms with E-state index in [-0.39, 0.29) is 5.41 Å². The Hall–Kier alpha value is -0.670. The monoisotopic (exact) mass is 304 g/mol. The number of ketones is 1. The second kappa shape index (κ2) is 4.45. The summed E-state index contributed by atoms with van der Waals surface area (Å²) in [5.74, 6) is 0.0453. The van der Waals surface area contributed by atoms with Crippen molar-refractivity contribution in [3.05, 3.63) is 11.6 Å². The predicted octanol–water partition coefficient (Wildman–Crippen LogP) is 3.20. The van der Waals surface area contributed by atoms with Gasteiger partial charge in [-0.3, -0.25) is 4.79 Å². The molecule has 0 aromatic rings. The summed E-state index contributed by atoms with van der Waals surface area (Å²) in [6, 6.07) is 0. The first-order valence-electron chi connectivity index (χ1n) is 8.98. The summed E-state index contributed by atoms with van der Waals surface area (Å²) in [6.45, 7) is 4.24. The molecule has 5 atom stereocenters. The molecule has 22 heavy (non-hydrogen) atoms. The fourth-order valence-corrected chi connectivity index (χ4v) is 6.53. The van der Waals surface area contributed by atoms with Gasteiger partial charge in [0.15, 0.2) is 5.79 Å². The van der Waals surface area contributed by atoms with Crippen LogP contribution in [0, 0.1) is 28.6 Å². The van der Waals surface area contributed by atoms with Gasteiger partial charge in [0.25, 0.3) is 0 Å². The van der Waals surface area contributed by atoms with Crippen molar-refractivity contribution in [2.75, 3.05) is 0 Å². The summed E-state index contributed by atoms with van der Waals surface area (Å²) in [5, 5.41) is 21.5. The van der Waals surface area contributed by atoms with Crippen LogP contribution < -0.4 is 0 Å². The van der Waals surface area contributed by atoms with Gasteiger partial charge in [0.05, 0.1) is 0 Å². The van der Waals surface area contributed by atoms with Gasteiger partial charge in [-0.2, -0.15) is 0 Å². The zero-order valence-electron chi connectivity index (χ0n) is 13.8. The molecule has 4 aliphatic rings. The second-order valence-electron chi connectivity index (χ2n) is 8.63. The van der Waals surface area contributed by atoms with Gasteiger partial charge in [0, 0.05) is 23.7 Å². The minimum absolute atomic E-state index is 0.148. The first kappa shape index (κ1) is 14.9. The van der Waals surface area contributed by atoms with E-state index in [0.29, 0.717) is 30.0 Å². The summed E-state index contributed by atoms with van der Waals surface area (Å²) in [6.07, 6.45) is 9.27. The number of rotatable bonds is 0. The van der Waals surface area contributed by atoms with Gasteiger partial charge in [0.2, 0.25) is 0 Å². The summed E-state index contributed by atoms with van der Waals surface area (Å²) < 4.78 is 0. The van der Waals surface area contributed by atoms with E-state index in [1.807, 2.05) is 0 Å². The summed E-state index contributed by atoms with van der Waals surface area (Å²) in [4.78, 5) is 12.4. The molecular formula is C19H28O3. The molecule has 0 amide bonds. The van der Waals surface area contributed by atoms with Gasteiger partial charge >= 0.3 is 0 Å². The first-order valence-corrected chi connectivity index (χ1v) is 8.98. The van der Waals surface area contributed by atoms with E-state index in [1.165, 1.54) is 5.57 Å². The largest absolute Gasteiger partial charge is 0.365 e. The van der Waals surface area contributed by atoms with Crippen LogP contribution in [-0.4, -0.2) is 21.8 Å². The number of allylic oxidation sites excluding steroid dienone is 1. The van der Waals surface area contributed by atoms with E-state index in [2.05, 4.69) is 19.9 Å². The SMILES string of the molecule is C[C@]12C(=CC[C@@H]3[C@H]1CC[C@]1(C)C(=O)CC[C@@H]31)CCCC2(O)O. The van der Waals surface area contributed by atoms with E-state index in [0.717, 1.165) is 44.9 Å². The maximum atomic E-state index is 12.4. The van der Waals surface area contributed by atoms with E-state index >= 15 is 0 Å². The number of carbonyl (C=O) groups excluding carboxylic acids is 1. The van der Waals surface area contributed by atoms with Crippen molar-refractivity contribution in [2.45, 2.75) is 71.0 Å². The van der Waals surface area contributed by atoms with Crippen LogP contribution in [0.15, 0.2) is 11.6 Å². The predicted molar refractivity (Wildman–Crippen MR) is 83.9 cm³/mol. The fraction of sp³-hybridized carbons (Fsp3) is 0.842. The number of carbonyl (C=O) groups is 1. The molecule has 3 nitrogen and oxygen atoms in total. The van der Waals surface area contributed by atoms with Crippen molar-refractivity contribution >= 4 is 5.78 Å². The molecule has 0 aromatic heterocycles. The van der Waals surface area contributed by atoms with Crippen LogP contribution in [0.5, 0.6) is 0 Å². The number of Topliss-reactive ketones (excluding diaryl/α,β-unsaturated/α-hetero) is 1. The maximum Gasteiger partial charge on any atom is 0.172 e. The molecule has 0 bridgehead atoms. The lowest BCUT2D eigenvalue weighted by molar-refractivity contribution is -0.268. The molecule has 0 unspecified atom stereocenters. The molecule has 4 rings (SSSR count). The summed E-state index contributed by atoms with van der Waals surface area (Å²) in [5.41, 5.74) is 0.601. The van der Waals surface area contributed by atoms with Crippen LogP contribution in [-0.2, 0) is 4.79 Å². The number of hydrogen-bond donors (Lipinski definition) is 2. The van der Waals surface area contributed by atoms with Gasteiger partial charge in [-0.05, 0) is 56.3 Å². The Bertz CT molecular complexity index is 549. The van der Waals surface area contributed by atoms with Crippen molar-refractivity contribution in [1.29, 1.82) is 0 Å². The Balaban J connectivity index is 1.77. The molecule has 4 aliphatic carbocycles. The standard InChI is InChI=1S/C19H28O3/c1-17-11-9-15-13(14(17)7-8-16(17)20)6-5-12-4-3-10-19(21,22)18(12,15)2/h5,13-15,21-22H,3-4,6-11H2,1-2H3/t13-,14-,15+,17-,18-/m0/s1. The highest BCUT2D eigenvalue weighted by Gasteiger charge is 2.63. The number of aliphatic hydroxyl groups is 2. The molecule has 0 saturated heterocycles. The topological polar surface area (TPSA) is 57.5 Å². The molecule has 0 aromatic carbocycles. The highest BCUT2D eigenvalue weighted by molar-refractivity contribution is 5.87. The van der Waals surface area contributed by atoms with Crippen molar-refractivity contribution in [2.24, 2.45) is 28.6 Å². The molecule has 0 heterocycles. The quantitative estimate of drug-likeness (QED) is 0.534. The van der Waals surface area contributed by atoms with E-state index in [1.54, 1.807) is 0 Å². The third-order valence-electron chi connectivity index (χ3n) is 7.99. The van der Waals surface area contributed by atoms with Crippen molar-refractivity contribution in [1.82, 2.24) is 0 Å². The smallest absolute Gasteiger partial charge is 0.172 e. The molecule has 0 aliphatic heterocycles. The highest BCUT2D eigenvalue weighted by atomic mass is 16.5. The third kappa shape index (κ3) is 1.62. The van der Waals surface area contributed by atoms with Crippen molar-refractivity contribution in [3.63, 3.8) is 0 Å². The Morgan fingerprint density at radius 3 is 2.64 bits per heavy atom. The van der Waals surface area contributed by atoms with Gasteiger partial charge in [-0.25, -0.2) is 0 Å². The Morgan fingerprint density at radius 2 is 1.86 bits per heavy atom. The minimum Gasteiger partial charge on any atom is -0.365 e. The van der Waals surface area contributed by atoms with Crippen LogP contribution in [0.3, 0.4) is 0 Å². The molecule has 3 saturated carbocycles. The average molecular weight is 304 g/mol. The first-order chi connectivity index (χ1) is 10.3. The fourth-order valence-electron chi connectivity index (χ4n) is 6.53. The van der Waals surface area contributed by atoms with Crippen molar-refractivity contribution < 1.29 is 15.0 Å². The molecule has 122 valence electrons. The summed E-state index contributed by atoms with van der Waals surface area (Å²) in [7, 11) is 0. The average Bonchev–Trinajstić information content (AvgIpc) is 2.76. The zero-order valence-corrected chi connectivity index (χ0v) is 13.8. The van der Waals surface area contributed by atoms with Gasteiger partial charge in [0.1, 0.15) is 5.78 Å². The summed E-state index contributed by atoms with van der Waals surface area (Å²) >= 11 is 0. The van der Waals surface area contributed by atoms with E-state index in [9.17, 15) is 15.0 Å². The Morgan fingerprint density at radius 1 is 1.09 bits per heavy atom. The maximum absolute atomic E-state index is 12.4. The zero-order chi connectivity index (χ0) is 15.8. The van der Waals surface area contributed by atoms with Gasteiger partial charge in [-0.1, -0.05) is 25.5 Å². The highest BCUT2D eigenvalue weighted by Crippen LogP contribution is 2.65. The number of fused-ring (bicyclic) bond motifs is 5. The third-order valence-corrected chi connectivity index (χ3v) is 7.99. The van der Waals surface area contributed by atoms with E-state index in [4.69, 9.17) is 0 Å². The molecule has 3 heteroatoms. The minimum atomic E-state index is -1.59. The lowest BCUT2D eigenvalue weighted by atomic mass is 9.46. The molecule has 2 N–H and O–H groups in total.